The van der Waals surface area contributed by atoms with Crippen molar-refractivity contribution in [1.29, 1.82) is 0 Å². The highest BCUT2D eigenvalue weighted by atomic mass is 16.6. The molecule has 0 heterocycles. The summed E-state index contributed by atoms with van der Waals surface area (Å²) in [5, 5.41) is 0. The molecule has 6 heteroatoms. The molecule has 0 saturated carbocycles. The number of rotatable bonds is 40. The van der Waals surface area contributed by atoms with Crippen LogP contribution >= 0.6 is 0 Å². The Balaban J connectivity index is 4.40. The lowest BCUT2D eigenvalue weighted by Gasteiger charge is -2.18. The van der Waals surface area contributed by atoms with Crippen molar-refractivity contribution >= 4 is 17.9 Å². The fourth-order valence-corrected chi connectivity index (χ4v) is 6.00. The third-order valence-electron chi connectivity index (χ3n) is 9.48. The number of carbonyl (C=O) groups excluding carboxylic acids is 3. The van der Waals surface area contributed by atoms with Crippen LogP contribution in [0.2, 0.25) is 0 Å². The van der Waals surface area contributed by atoms with Crippen LogP contribution in [0.1, 0.15) is 207 Å². The van der Waals surface area contributed by atoms with Crippen LogP contribution in [-0.4, -0.2) is 37.2 Å². The first-order valence-electron chi connectivity index (χ1n) is 23.0. The van der Waals surface area contributed by atoms with Crippen molar-refractivity contribution in [2.75, 3.05) is 13.2 Å². The van der Waals surface area contributed by atoms with Gasteiger partial charge in [-0.05, 0) is 77.0 Å². The third kappa shape index (κ3) is 42.0. The van der Waals surface area contributed by atoms with Crippen LogP contribution in [0, 0.1) is 0 Å². The predicted octanol–water partition coefficient (Wildman–Crippen LogP) is 14.7. The highest BCUT2D eigenvalue weighted by Crippen LogP contribution is 2.13. The number of esters is 3. The highest BCUT2D eigenvalue weighted by molar-refractivity contribution is 5.72. The van der Waals surface area contributed by atoms with E-state index in [0.717, 1.165) is 83.5 Å². The van der Waals surface area contributed by atoms with E-state index in [1.807, 2.05) is 6.08 Å². The molecular formula is C50H84O6. The SMILES string of the molecule is CC/C=C\C/C=C\C/C=C\CC(=O)OCC(COC(=O)CCCCCCC/C=C\CCCCCCCCCCC)OC(=O)CCCCC/C=C\C=C/CCCC. The number of carbonyl (C=O) groups is 3. The Hall–Kier alpha value is -3.15. The Morgan fingerprint density at radius 1 is 0.411 bits per heavy atom. The summed E-state index contributed by atoms with van der Waals surface area (Å²) in [6.45, 7) is 6.32. The summed E-state index contributed by atoms with van der Waals surface area (Å²) in [6, 6.07) is 0. The van der Waals surface area contributed by atoms with E-state index in [1.54, 1.807) is 6.08 Å². The van der Waals surface area contributed by atoms with Gasteiger partial charge in [0.05, 0.1) is 6.42 Å². The van der Waals surface area contributed by atoms with E-state index in [0.29, 0.717) is 6.42 Å². The second-order valence-electron chi connectivity index (χ2n) is 15.0. The molecule has 320 valence electrons. The van der Waals surface area contributed by atoms with Crippen molar-refractivity contribution in [3.63, 3.8) is 0 Å². The summed E-state index contributed by atoms with van der Waals surface area (Å²) >= 11 is 0. The lowest BCUT2D eigenvalue weighted by Crippen LogP contribution is -2.30. The maximum atomic E-state index is 12.7. The Morgan fingerprint density at radius 2 is 0.839 bits per heavy atom. The lowest BCUT2D eigenvalue weighted by atomic mass is 10.1. The van der Waals surface area contributed by atoms with Crippen LogP contribution in [0.3, 0.4) is 0 Å². The van der Waals surface area contributed by atoms with Gasteiger partial charge >= 0.3 is 17.9 Å². The molecule has 0 N–H and O–H groups in total. The average molecular weight is 781 g/mol. The Labute approximate surface area is 344 Å². The molecule has 0 spiro atoms. The molecule has 56 heavy (non-hydrogen) atoms. The molecule has 0 aliphatic heterocycles. The molecule has 0 saturated heterocycles. The summed E-state index contributed by atoms with van der Waals surface area (Å²) in [5.74, 6) is -1.09. The largest absolute Gasteiger partial charge is 0.462 e. The molecule has 0 aromatic heterocycles. The second-order valence-corrected chi connectivity index (χ2v) is 15.0. The quantitative estimate of drug-likeness (QED) is 0.0203. The van der Waals surface area contributed by atoms with Crippen LogP contribution in [-0.2, 0) is 28.6 Å². The van der Waals surface area contributed by atoms with Crippen LogP contribution in [0.4, 0.5) is 0 Å². The average Bonchev–Trinajstić information content (AvgIpc) is 3.19. The standard InChI is InChI=1S/C50H84O6/c1-4-7-10-13-16-19-21-22-23-24-25-26-27-29-31-34-37-40-43-49(52)55-46-47(45-54-48(51)42-39-36-33-30-18-15-12-9-6-3)56-50(53)44-41-38-35-32-28-20-17-14-11-8-5-2/h9,12,14,17-18,20,25-26,28,30,36,39,47H,4-8,10-11,13,15-16,19,21-24,27,29,31-35,37-38,40-46H2,1-3H3/b12-9-,17-14-,26-25-,28-20-,30-18-,39-36-. The van der Waals surface area contributed by atoms with E-state index < -0.39 is 12.1 Å². The minimum Gasteiger partial charge on any atom is -0.462 e. The molecule has 0 aliphatic rings. The summed E-state index contributed by atoms with van der Waals surface area (Å²) in [4.78, 5) is 37.6. The maximum Gasteiger partial charge on any atom is 0.309 e. The smallest absolute Gasteiger partial charge is 0.309 e. The molecule has 0 bridgehead atoms. The van der Waals surface area contributed by atoms with Crippen molar-refractivity contribution in [2.24, 2.45) is 0 Å². The summed E-state index contributed by atoms with van der Waals surface area (Å²) in [6.07, 6.45) is 55.0. The Kier molecular flexibility index (Phi) is 42.1. The van der Waals surface area contributed by atoms with Gasteiger partial charge in [0.25, 0.3) is 0 Å². The van der Waals surface area contributed by atoms with Crippen molar-refractivity contribution < 1.29 is 28.6 Å². The molecule has 1 unspecified atom stereocenters. The molecular weight excluding hydrogens is 697 g/mol. The maximum absolute atomic E-state index is 12.7. The second kappa shape index (κ2) is 44.6. The first kappa shape index (κ1) is 52.9. The fraction of sp³-hybridized carbons (Fsp3) is 0.700. The Morgan fingerprint density at radius 3 is 1.41 bits per heavy atom. The van der Waals surface area contributed by atoms with E-state index in [1.165, 1.54) is 83.5 Å². The molecule has 1 atom stereocenters. The molecule has 0 amide bonds. The summed E-state index contributed by atoms with van der Waals surface area (Å²) < 4.78 is 16.5. The van der Waals surface area contributed by atoms with Gasteiger partial charge in [0, 0.05) is 12.8 Å². The van der Waals surface area contributed by atoms with E-state index in [4.69, 9.17) is 14.2 Å². The van der Waals surface area contributed by atoms with Gasteiger partial charge in [-0.25, -0.2) is 0 Å². The van der Waals surface area contributed by atoms with E-state index >= 15 is 0 Å². The molecule has 0 aromatic rings. The van der Waals surface area contributed by atoms with Crippen molar-refractivity contribution in [1.82, 2.24) is 0 Å². The molecule has 0 fully saturated rings. The van der Waals surface area contributed by atoms with E-state index in [2.05, 4.69) is 81.5 Å². The van der Waals surface area contributed by atoms with Gasteiger partial charge in [-0.3, -0.25) is 14.4 Å². The van der Waals surface area contributed by atoms with E-state index in [9.17, 15) is 14.4 Å². The molecule has 0 aromatic carbocycles. The zero-order chi connectivity index (χ0) is 40.8. The zero-order valence-electron chi connectivity index (χ0n) is 36.4. The van der Waals surface area contributed by atoms with Crippen molar-refractivity contribution in [3.05, 3.63) is 72.9 Å². The van der Waals surface area contributed by atoms with Crippen LogP contribution < -0.4 is 0 Å². The van der Waals surface area contributed by atoms with Gasteiger partial charge in [-0.2, -0.15) is 0 Å². The fourth-order valence-electron chi connectivity index (χ4n) is 6.00. The number of unbranched alkanes of at least 4 members (excludes halogenated alkanes) is 19. The summed E-state index contributed by atoms with van der Waals surface area (Å²) in [5.41, 5.74) is 0. The van der Waals surface area contributed by atoms with Crippen LogP contribution in [0.15, 0.2) is 72.9 Å². The highest BCUT2D eigenvalue weighted by Gasteiger charge is 2.19. The molecule has 0 aliphatic carbocycles. The molecule has 0 radical (unpaired) electrons. The van der Waals surface area contributed by atoms with Gasteiger partial charge in [-0.15, -0.1) is 0 Å². The minimum absolute atomic E-state index is 0.118. The van der Waals surface area contributed by atoms with Gasteiger partial charge < -0.3 is 14.2 Å². The Bertz CT molecular complexity index is 1080. The number of hydrogen-bond donors (Lipinski definition) is 0. The predicted molar refractivity (Wildman–Crippen MR) is 238 cm³/mol. The van der Waals surface area contributed by atoms with Crippen molar-refractivity contribution in [2.45, 2.75) is 213 Å². The first-order valence-corrected chi connectivity index (χ1v) is 23.0. The van der Waals surface area contributed by atoms with Gasteiger partial charge in [0.2, 0.25) is 0 Å². The van der Waals surface area contributed by atoms with Gasteiger partial charge in [-0.1, -0.05) is 184 Å². The first-order chi connectivity index (χ1) is 27.5. The van der Waals surface area contributed by atoms with Gasteiger partial charge in [0.15, 0.2) is 6.10 Å². The van der Waals surface area contributed by atoms with Crippen molar-refractivity contribution in [3.8, 4) is 0 Å². The topological polar surface area (TPSA) is 78.9 Å². The number of allylic oxidation sites excluding steroid dienone is 11. The van der Waals surface area contributed by atoms with Crippen LogP contribution in [0.25, 0.3) is 0 Å². The third-order valence-corrected chi connectivity index (χ3v) is 9.48. The monoisotopic (exact) mass is 781 g/mol. The zero-order valence-corrected chi connectivity index (χ0v) is 36.4. The number of hydrogen-bond acceptors (Lipinski definition) is 6. The van der Waals surface area contributed by atoms with Gasteiger partial charge in [0.1, 0.15) is 13.2 Å². The normalized spacial score (nSPS) is 12.7. The number of ether oxygens (including phenoxy) is 3. The van der Waals surface area contributed by atoms with Crippen LogP contribution in [0.5, 0.6) is 0 Å². The summed E-state index contributed by atoms with van der Waals surface area (Å²) in [7, 11) is 0. The lowest BCUT2D eigenvalue weighted by molar-refractivity contribution is -0.166. The molecule has 6 nitrogen and oxygen atoms in total. The minimum atomic E-state index is -0.825. The van der Waals surface area contributed by atoms with E-state index in [-0.39, 0.29) is 38.0 Å². The molecule has 0 rings (SSSR count).